The molecule has 0 aliphatic rings. The number of anilines is 2. The molecule has 0 radical (unpaired) electrons. The number of fused-ring (bicyclic) bond motifs is 2. The van der Waals surface area contributed by atoms with Gasteiger partial charge in [0.25, 0.3) is 0 Å². The Balaban J connectivity index is 1.89. The number of aromatic hydroxyl groups is 1. The molecule has 6 nitrogen and oxygen atoms in total. The van der Waals surface area contributed by atoms with Gasteiger partial charge in [0.1, 0.15) is 5.75 Å². The smallest absolute Gasteiger partial charge is 0.199 e. The number of pyridine rings is 1. The fraction of sp³-hybridized carbons (Fsp3) is 0.350. The van der Waals surface area contributed by atoms with Gasteiger partial charge in [0, 0.05) is 17.6 Å². The van der Waals surface area contributed by atoms with E-state index < -0.39 is 0 Å². The predicted molar refractivity (Wildman–Crippen MR) is 109 cm³/mol. The molecule has 5 N–H and O–H groups in total. The molecule has 0 saturated carbocycles. The van der Waals surface area contributed by atoms with Crippen LogP contribution in [-0.4, -0.2) is 42.2 Å². The second kappa shape index (κ2) is 7.66. The van der Waals surface area contributed by atoms with Crippen molar-refractivity contribution in [1.29, 1.82) is 0 Å². The number of benzene rings is 2. The maximum Gasteiger partial charge on any atom is 0.199 e. The minimum atomic E-state index is -0.132. The third-order valence-electron chi connectivity index (χ3n) is 4.57. The molecule has 0 unspecified atom stereocenters. The molecule has 0 fully saturated rings. The Bertz CT molecular complexity index is 979. The van der Waals surface area contributed by atoms with Gasteiger partial charge in [0.2, 0.25) is 0 Å². The number of nitrogens with one attached hydrogen (secondary N) is 2. The van der Waals surface area contributed by atoms with E-state index in [1.807, 2.05) is 6.07 Å². The highest BCUT2D eigenvalue weighted by Gasteiger charge is 2.12. The van der Waals surface area contributed by atoms with Gasteiger partial charge in [-0.15, -0.1) is 0 Å². The third kappa shape index (κ3) is 3.75. The third-order valence-corrected chi connectivity index (χ3v) is 4.57. The topological polar surface area (TPSA) is 94.4 Å². The molecule has 3 aromatic rings. The first-order chi connectivity index (χ1) is 12.5. The van der Waals surface area contributed by atoms with Gasteiger partial charge in [-0.3, -0.25) is 4.79 Å². The van der Waals surface area contributed by atoms with E-state index in [2.05, 4.69) is 29.3 Å². The van der Waals surface area contributed by atoms with E-state index in [0.717, 1.165) is 38.0 Å². The zero-order chi connectivity index (χ0) is 18.7. The summed E-state index contributed by atoms with van der Waals surface area (Å²) >= 11 is 0. The van der Waals surface area contributed by atoms with Crippen molar-refractivity contribution in [2.24, 2.45) is 0 Å². The molecule has 0 atom stereocenters. The van der Waals surface area contributed by atoms with E-state index in [0.29, 0.717) is 27.5 Å². The lowest BCUT2D eigenvalue weighted by molar-refractivity contribution is 0.393. The van der Waals surface area contributed by atoms with Crippen LogP contribution >= 0.6 is 0 Å². The molecule has 1 aromatic heterocycles. The molecular formula is C20H26N4O2. The monoisotopic (exact) mass is 354 g/mol. The van der Waals surface area contributed by atoms with Crippen LogP contribution in [0, 0.1) is 0 Å². The predicted octanol–water partition coefficient (Wildman–Crippen LogP) is 3.11. The van der Waals surface area contributed by atoms with Crippen molar-refractivity contribution in [3.63, 3.8) is 0 Å². The van der Waals surface area contributed by atoms with Gasteiger partial charge < -0.3 is 26.0 Å². The Labute approximate surface area is 152 Å². The van der Waals surface area contributed by atoms with Crippen LogP contribution in [0.3, 0.4) is 0 Å². The van der Waals surface area contributed by atoms with Crippen LogP contribution in [0.1, 0.15) is 19.3 Å². The second-order valence-electron chi connectivity index (χ2n) is 6.93. The summed E-state index contributed by atoms with van der Waals surface area (Å²) in [5, 5.41) is 14.1. The Morgan fingerprint density at radius 1 is 1.15 bits per heavy atom. The SMILES string of the molecule is CN(C)CCCCCNc1ccc(N)c2[nH]c3ccc(O)cc3c(=O)c12. The first kappa shape index (κ1) is 18.1. The van der Waals surface area contributed by atoms with Crippen molar-refractivity contribution >= 4 is 33.2 Å². The normalized spacial score (nSPS) is 11.5. The van der Waals surface area contributed by atoms with Crippen molar-refractivity contribution in [2.45, 2.75) is 19.3 Å². The zero-order valence-electron chi connectivity index (χ0n) is 15.3. The molecule has 0 amide bonds. The number of aromatic amines is 1. The first-order valence-electron chi connectivity index (χ1n) is 8.93. The number of H-pyrrole nitrogens is 1. The van der Waals surface area contributed by atoms with Crippen LogP contribution in [0.4, 0.5) is 11.4 Å². The number of phenols is 1. The fourth-order valence-corrected chi connectivity index (χ4v) is 3.19. The van der Waals surface area contributed by atoms with E-state index in [-0.39, 0.29) is 11.2 Å². The highest BCUT2D eigenvalue weighted by Crippen LogP contribution is 2.27. The molecule has 2 aromatic carbocycles. The zero-order valence-corrected chi connectivity index (χ0v) is 15.3. The summed E-state index contributed by atoms with van der Waals surface area (Å²) in [5.74, 6) is 0.0710. The molecule has 0 saturated heterocycles. The quantitative estimate of drug-likeness (QED) is 0.297. The van der Waals surface area contributed by atoms with Crippen molar-refractivity contribution < 1.29 is 5.11 Å². The van der Waals surface area contributed by atoms with Gasteiger partial charge in [-0.1, -0.05) is 6.42 Å². The minimum absolute atomic E-state index is 0.0710. The molecule has 0 aliphatic carbocycles. The standard InChI is InChI=1S/C20H26N4O2/c1-24(2)11-5-3-4-10-22-17-9-7-15(21)19-18(17)20(26)14-12-13(25)6-8-16(14)23-19/h6-9,12,22,25H,3-5,10-11,21H2,1-2H3,(H,23,26). The molecule has 0 aliphatic heterocycles. The Kier molecular flexibility index (Phi) is 5.32. The van der Waals surface area contributed by atoms with Crippen LogP contribution in [0.2, 0.25) is 0 Å². The average molecular weight is 354 g/mol. The van der Waals surface area contributed by atoms with E-state index in [1.54, 1.807) is 18.2 Å². The van der Waals surface area contributed by atoms with Crippen LogP contribution in [0.25, 0.3) is 21.8 Å². The number of nitrogens with zero attached hydrogens (tertiary/aromatic N) is 1. The van der Waals surface area contributed by atoms with Gasteiger partial charge in [-0.05, 0) is 63.8 Å². The molecule has 0 bridgehead atoms. The highest BCUT2D eigenvalue weighted by atomic mass is 16.3. The molecule has 3 rings (SSSR count). The molecular weight excluding hydrogens is 328 g/mol. The summed E-state index contributed by atoms with van der Waals surface area (Å²) in [7, 11) is 4.15. The number of unbranched alkanes of at least 4 members (excludes halogenated alkanes) is 2. The van der Waals surface area contributed by atoms with Crippen LogP contribution in [0.15, 0.2) is 35.1 Å². The van der Waals surface area contributed by atoms with E-state index in [9.17, 15) is 9.90 Å². The van der Waals surface area contributed by atoms with Gasteiger partial charge in [-0.2, -0.15) is 0 Å². The van der Waals surface area contributed by atoms with E-state index in [1.165, 1.54) is 6.07 Å². The number of nitrogen functional groups attached to an aromatic ring is 1. The number of phenolic OH excluding ortho intramolecular Hbond substituents is 1. The summed E-state index contributed by atoms with van der Waals surface area (Å²) < 4.78 is 0. The Hall–Kier alpha value is -2.73. The van der Waals surface area contributed by atoms with Crippen molar-refractivity contribution in [3.8, 4) is 5.75 Å². The number of hydrogen-bond donors (Lipinski definition) is 4. The number of nitrogens with two attached hydrogens (primary N) is 1. The maximum atomic E-state index is 13.0. The first-order valence-corrected chi connectivity index (χ1v) is 8.93. The maximum absolute atomic E-state index is 13.0. The van der Waals surface area contributed by atoms with Gasteiger partial charge >= 0.3 is 0 Å². The summed E-state index contributed by atoms with van der Waals surface area (Å²) in [5.41, 5.74) is 8.55. The fourth-order valence-electron chi connectivity index (χ4n) is 3.19. The summed E-state index contributed by atoms with van der Waals surface area (Å²) in [6.07, 6.45) is 3.32. The van der Waals surface area contributed by atoms with Crippen molar-refractivity contribution in [2.75, 3.05) is 38.2 Å². The summed E-state index contributed by atoms with van der Waals surface area (Å²) in [4.78, 5) is 18.4. The average Bonchev–Trinajstić information content (AvgIpc) is 2.60. The lowest BCUT2D eigenvalue weighted by Gasteiger charge is -2.13. The molecule has 1 heterocycles. The number of hydrogen-bond acceptors (Lipinski definition) is 5. The van der Waals surface area contributed by atoms with Crippen LogP contribution < -0.4 is 16.5 Å². The molecule has 6 heteroatoms. The van der Waals surface area contributed by atoms with Gasteiger partial charge in [0.05, 0.1) is 22.1 Å². The highest BCUT2D eigenvalue weighted by molar-refractivity contribution is 6.04. The van der Waals surface area contributed by atoms with Crippen LogP contribution in [-0.2, 0) is 0 Å². The molecule has 0 spiro atoms. The second-order valence-corrected chi connectivity index (χ2v) is 6.93. The van der Waals surface area contributed by atoms with Crippen molar-refractivity contribution in [3.05, 3.63) is 40.6 Å². The lowest BCUT2D eigenvalue weighted by atomic mass is 10.1. The van der Waals surface area contributed by atoms with Gasteiger partial charge in [0.15, 0.2) is 5.43 Å². The Morgan fingerprint density at radius 2 is 1.96 bits per heavy atom. The minimum Gasteiger partial charge on any atom is -0.508 e. The number of aromatic nitrogens is 1. The lowest BCUT2D eigenvalue weighted by Crippen LogP contribution is -2.13. The Morgan fingerprint density at radius 3 is 2.73 bits per heavy atom. The molecule has 138 valence electrons. The van der Waals surface area contributed by atoms with E-state index in [4.69, 9.17) is 5.73 Å². The largest absolute Gasteiger partial charge is 0.508 e. The van der Waals surface area contributed by atoms with Crippen molar-refractivity contribution in [1.82, 2.24) is 9.88 Å². The van der Waals surface area contributed by atoms with E-state index >= 15 is 0 Å². The van der Waals surface area contributed by atoms with Crippen LogP contribution in [0.5, 0.6) is 5.75 Å². The summed E-state index contributed by atoms with van der Waals surface area (Å²) in [6, 6.07) is 8.38. The number of rotatable bonds is 7. The molecule has 26 heavy (non-hydrogen) atoms. The van der Waals surface area contributed by atoms with Gasteiger partial charge in [-0.25, -0.2) is 0 Å². The summed E-state index contributed by atoms with van der Waals surface area (Å²) in [6.45, 7) is 1.88.